The number of hydrogen-bond donors (Lipinski definition) is 2. The van der Waals surface area contributed by atoms with Crippen LogP contribution in [-0.4, -0.2) is 24.3 Å². The summed E-state index contributed by atoms with van der Waals surface area (Å²) in [7, 11) is 0. The van der Waals surface area contributed by atoms with Crippen LogP contribution in [0.1, 0.15) is 32.6 Å². The molecule has 66 valence electrons. The summed E-state index contributed by atoms with van der Waals surface area (Å²) in [4.78, 5) is 0. The van der Waals surface area contributed by atoms with Gasteiger partial charge in [0.1, 0.15) is 0 Å². The Hall–Kier alpha value is -0.0800. The first-order valence-corrected chi connectivity index (χ1v) is 4.68. The molecular weight excluding hydrogens is 138 g/mol. The van der Waals surface area contributed by atoms with E-state index in [1.165, 1.54) is 25.7 Å². The molecular formula is C9H19NO. The van der Waals surface area contributed by atoms with Gasteiger partial charge in [-0.25, -0.2) is 0 Å². The SMILES string of the molecule is C[C@@H](O)CNCC1CCCC1. The topological polar surface area (TPSA) is 32.3 Å². The van der Waals surface area contributed by atoms with Crippen LogP contribution < -0.4 is 5.32 Å². The van der Waals surface area contributed by atoms with Gasteiger partial charge in [0, 0.05) is 6.54 Å². The first-order chi connectivity index (χ1) is 5.29. The first-order valence-electron chi connectivity index (χ1n) is 4.68. The zero-order chi connectivity index (χ0) is 8.10. The zero-order valence-corrected chi connectivity index (χ0v) is 7.34. The van der Waals surface area contributed by atoms with Crippen LogP contribution in [0.4, 0.5) is 0 Å². The highest BCUT2D eigenvalue weighted by atomic mass is 16.3. The van der Waals surface area contributed by atoms with E-state index in [9.17, 15) is 0 Å². The molecule has 1 aliphatic carbocycles. The fraction of sp³-hybridized carbons (Fsp3) is 1.00. The number of hydrogen-bond acceptors (Lipinski definition) is 2. The lowest BCUT2D eigenvalue weighted by atomic mass is 10.1. The average molecular weight is 157 g/mol. The number of nitrogens with one attached hydrogen (secondary N) is 1. The van der Waals surface area contributed by atoms with Crippen LogP contribution in [0.15, 0.2) is 0 Å². The summed E-state index contributed by atoms with van der Waals surface area (Å²) in [6, 6.07) is 0. The van der Waals surface area contributed by atoms with Gasteiger partial charge in [0.2, 0.25) is 0 Å². The first kappa shape index (κ1) is 9.01. The molecule has 1 rings (SSSR count). The van der Waals surface area contributed by atoms with Crippen LogP contribution in [0.2, 0.25) is 0 Å². The third-order valence-corrected chi connectivity index (χ3v) is 2.35. The number of aliphatic hydroxyl groups excluding tert-OH is 1. The maximum atomic E-state index is 8.96. The van der Waals surface area contributed by atoms with Gasteiger partial charge in [0.25, 0.3) is 0 Å². The minimum absolute atomic E-state index is 0.198. The molecule has 0 amide bonds. The molecule has 2 nitrogen and oxygen atoms in total. The molecule has 1 fully saturated rings. The second-order valence-corrected chi connectivity index (χ2v) is 3.66. The predicted molar refractivity (Wildman–Crippen MR) is 46.5 cm³/mol. The summed E-state index contributed by atoms with van der Waals surface area (Å²) in [5.41, 5.74) is 0. The minimum atomic E-state index is -0.198. The van der Waals surface area contributed by atoms with Crippen molar-refractivity contribution in [2.45, 2.75) is 38.7 Å². The van der Waals surface area contributed by atoms with Gasteiger partial charge in [-0.1, -0.05) is 12.8 Å². The highest BCUT2D eigenvalue weighted by Gasteiger charge is 2.13. The molecule has 0 radical (unpaired) electrons. The van der Waals surface area contributed by atoms with Gasteiger partial charge in [0.15, 0.2) is 0 Å². The Morgan fingerprint density at radius 3 is 2.64 bits per heavy atom. The van der Waals surface area contributed by atoms with Gasteiger partial charge in [-0.15, -0.1) is 0 Å². The van der Waals surface area contributed by atoms with Crippen molar-refractivity contribution in [2.75, 3.05) is 13.1 Å². The molecule has 0 aromatic carbocycles. The van der Waals surface area contributed by atoms with Crippen LogP contribution in [0.25, 0.3) is 0 Å². The van der Waals surface area contributed by atoms with Gasteiger partial charge >= 0.3 is 0 Å². The predicted octanol–water partition coefficient (Wildman–Crippen LogP) is 1.15. The van der Waals surface area contributed by atoms with Gasteiger partial charge in [0.05, 0.1) is 6.10 Å². The summed E-state index contributed by atoms with van der Waals surface area (Å²) in [6.07, 6.45) is 5.37. The van der Waals surface area contributed by atoms with Crippen molar-refractivity contribution in [3.8, 4) is 0 Å². The average Bonchev–Trinajstić information content (AvgIpc) is 2.39. The molecule has 11 heavy (non-hydrogen) atoms. The van der Waals surface area contributed by atoms with E-state index in [2.05, 4.69) is 5.32 Å². The second-order valence-electron chi connectivity index (χ2n) is 3.66. The summed E-state index contributed by atoms with van der Waals surface area (Å²) in [6.45, 7) is 3.67. The van der Waals surface area contributed by atoms with Crippen molar-refractivity contribution >= 4 is 0 Å². The maximum Gasteiger partial charge on any atom is 0.0636 e. The summed E-state index contributed by atoms with van der Waals surface area (Å²) < 4.78 is 0. The van der Waals surface area contributed by atoms with E-state index in [0.717, 1.165) is 19.0 Å². The Morgan fingerprint density at radius 1 is 1.45 bits per heavy atom. The Balaban J connectivity index is 1.94. The lowest BCUT2D eigenvalue weighted by Gasteiger charge is -2.11. The molecule has 0 aromatic heterocycles. The van der Waals surface area contributed by atoms with E-state index < -0.39 is 0 Å². The van der Waals surface area contributed by atoms with E-state index >= 15 is 0 Å². The molecule has 0 spiro atoms. The van der Waals surface area contributed by atoms with Crippen LogP contribution in [0, 0.1) is 5.92 Å². The van der Waals surface area contributed by atoms with Gasteiger partial charge in [-0.2, -0.15) is 0 Å². The minimum Gasteiger partial charge on any atom is -0.392 e. The van der Waals surface area contributed by atoms with Crippen molar-refractivity contribution in [3.63, 3.8) is 0 Å². The molecule has 0 aromatic rings. The van der Waals surface area contributed by atoms with E-state index in [1.54, 1.807) is 0 Å². The largest absolute Gasteiger partial charge is 0.392 e. The van der Waals surface area contributed by atoms with Crippen LogP contribution in [-0.2, 0) is 0 Å². The van der Waals surface area contributed by atoms with Crippen LogP contribution in [0.3, 0.4) is 0 Å². The van der Waals surface area contributed by atoms with Gasteiger partial charge in [-0.05, 0) is 32.2 Å². The molecule has 0 heterocycles. The van der Waals surface area contributed by atoms with Crippen LogP contribution >= 0.6 is 0 Å². The van der Waals surface area contributed by atoms with Crippen molar-refractivity contribution < 1.29 is 5.11 Å². The third-order valence-electron chi connectivity index (χ3n) is 2.35. The summed E-state index contributed by atoms with van der Waals surface area (Å²) in [5.74, 6) is 0.883. The second kappa shape index (κ2) is 4.73. The Bertz CT molecular complexity index is 97.7. The summed E-state index contributed by atoms with van der Waals surface area (Å²) >= 11 is 0. The quantitative estimate of drug-likeness (QED) is 0.641. The van der Waals surface area contributed by atoms with Crippen molar-refractivity contribution in [1.29, 1.82) is 0 Å². The van der Waals surface area contributed by atoms with Crippen LogP contribution in [0.5, 0.6) is 0 Å². The smallest absolute Gasteiger partial charge is 0.0636 e. The molecule has 1 atom stereocenters. The highest BCUT2D eigenvalue weighted by Crippen LogP contribution is 2.23. The standard InChI is InChI=1S/C9H19NO/c1-8(11)6-10-7-9-4-2-3-5-9/h8-11H,2-7H2,1H3/t8-/m1/s1. The highest BCUT2D eigenvalue weighted by molar-refractivity contribution is 4.69. The Kier molecular flexibility index (Phi) is 3.87. The maximum absolute atomic E-state index is 8.96. The molecule has 1 saturated carbocycles. The molecule has 0 unspecified atom stereocenters. The number of rotatable bonds is 4. The van der Waals surface area contributed by atoms with E-state index in [0.29, 0.717) is 0 Å². The Labute approximate surface area is 69.0 Å². The van der Waals surface area contributed by atoms with Crippen molar-refractivity contribution in [2.24, 2.45) is 5.92 Å². The Morgan fingerprint density at radius 2 is 2.09 bits per heavy atom. The van der Waals surface area contributed by atoms with Crippen molar-refractivity contribution in [3.05, 3.63) is 0 Å². The molecule has 2 heteroatoms. The molecule has 0 aliphatic heterocycles. The third kappa shape index (κ3) is 3.73. The van der Waals surface area contributed by atoms with Gasteiger partial charge < -0.3 is 10.4 Å². The normalized spacial score (nSPS) is 22.4. The fourth-order valence-electron chi connectivity index (χ4n) is 1.71. The molecule has 2 N–H and O–H groups in total. The monoisotopic (exact) mass is 157 g/mol. The van der Waals surface area contributed by atoms with E-state index in [1.807, 2.05) is 6.92 Å². The lowest BCUT2D eigenvalue weighted by molar-refractivity contribution is 0.189. The van der Waals surface area contributed by atoms with E-state index in [-0.39, 0.29) is 6.10 Å². The van der Waals surface area contributed by atoms with E-state index in [4.69, 9.17) is 5.11 Å². The zero-order valence-electron chi connectivity index (χ0n) is 7.34. The lowest BCUT2D eigenvalue weighted by Crippen LogP contribution is -2.28. The molecule has 1 aliphatic rings. The number of aliphatic hydroxyl groups is 1. The molecule has 0 bridgehead atoms. The van der Waals surface area contributed by atoms with Gasteiger partial charge in [-0.3, -0.25) is 0 Å². The van der Waals surface area contributed by atoms with Crippen molar-refractivity contribution in [1.82, 2.24) is 5.32 Å². The fourth-order valence-corrected chi connectivity index (χ4v) is 1.71. The summed E-state index contributed by atoms with van der Waals surface area (Å²) in [5, 5.41) is 12.2. The molecule has 0 saturated heterocycles.